The first-order valence-electron chi connectivity index (χ1n) is 3.74. The van der Waals surface area contributed by atoms with E-state index >= 15 is 0 Å². The minimum Gasteiger partial charge on any atom is -0.494 e. The van der Waals surface area contributed by atoms with Crippen LogP contribution in [0.5, 0.6) is 0 Å². The normalized spacial score (nSPS) is 37.6. The van der Waals surface area contributed by atoms with E-state index in [0.29, 0.717) is 12.1 Å². The molecule has 3 nitrogen and oxygen atoms in total. The topological polar surface area (TPSA) is 33.3 Å². The molecule has 2 atom stereocenters. The first-order chi connectivity index (χ1) is 4.97. The first-order valence-corrected chi connectivity index (χ1v) is 3.74. The van der Waals surface area contributed by atoms with E-state index in [-0.39, 0.29) is 0 Å². The molecule has 3 heteroatoms. The minimum atomic E-state index is 0.395. The quantitative estimate of drug-likeness (QED) is 0.489. The Morgan fingerprint density at radius 1 is 1.50 bits per heavy atom. The Labute approximate surface area is 60.4 Å². The van der Waals surface area contributed by atoms with Crippen LogP contribution in [-0.4, -0.2) is 25.2 Å². The highest BCUT2D eigenvalue weighted by molar-refractivity contribution is 4.93. The van der Waals surface area contributed by atoms with E-state index in [1.807, 2.05) is 6.20 Å². The van der Waals surface area contributed by atoms with Gasteiger partial charge in [0.05, 0.1) is 12.3 Å². The molecule has 1 fully saturated rings. The van der Waals surface area contributed by atoms with Crippen molar-refractivity contribution in [3.63, 3.8) is 0 Å². The molecule has 2 N–H and O–H groups in total. The number of ether oxygens (including phenoxy) is 1. The molecule has 2 aliphatic rings. The predicted octanol–water partition coefficient (Wildman–Crippen LogP) is -0.192. The van der Waals surface area contributed by atoms with Gasteiger partial charge in [-0.15, -0.1) is 0 Å². The lowest BCUT2D eigenvalue weighted by Crippen LogP contribution is -2.52. The van der Waals surface area contributed by atoms with E-state index < -0.39 is 0 Å². The summed E-state index contributed by atoms with van der Waals surface area (Å²) in [6.07, 6.45) is 5.12. The maximum atomic E-state index is 5.40. The van der Waals surface area contributed by atoms with Gasteiger partial charge in [-0.05, 0) is 13.0 Å². The Kier molecular flexibility index (Phi) is 1.51. The van der Waals surface area contributed by atoms with Crippen molar-refractivity contribution in [1.29, 1.82) is 0 Å². The third-order valence-corrected chi connectivity index (χ3v) is 2.05. The predicted molar refractivity (Wildman–Crippen MR) is 38.4 cm³/mol. The Morgan fingerprint density at radius 2 is 2.50 bits per heavy atom. The number of rotatable bonds is 0. The highest BCUT2D eigenvalue weighted by atomic mass is 16.5. The van der Waals surface area contributed by atoms with Gasteiger partial charge in [-0.25, -0.2) is 0 Å². The van der Waals surface area contributed by atoms with Crippen LogP contribution in [0.2, 0.25) is 0 Å². The highest BCUT2D eigenvalue weighted by Gasteiger charge is 2.26. The van der Waals surface area contributed by atoms with Gasteiger partial charge in [0.1, 0.15) is 6.10 Å². The molecule has 10 heavy (non-hydrogen) atoms. The smallest absolute Gasteiger partial charge is 0.120 e. The fourth-order valence-electron chi connectivity index (χ4n) is 1.47. The molecule has 0 radical (unpaired) electrons. The zero-order valence-electron chi connectivity index (χ0n) is 5.84. The summed E-state index contributed by atoms with van der Waals surface area (Å²) >= 11 is 0. The van der Waals surface area contributed by atoms with Crippen LogP contribution >= 0.6 is 0 Å². The fraction of sp³-hybridized carbons (Fsp3) is 0.714. The van der Waals surface area contributed by atoms with Gasteiger partial charge < -0.3 is 15.4 Å². The van der Waals surface area contributed by atoms with E-state index in [1.165, 1.54) is 0 Å². The van der Waals surface area contributed by atoms with Gasteiger partial charge in [0.25, 0.3) is 0 Å². The molecule has 0 spiro atoms. The van der Waals surface area contributed by atoms with Crippen molar-refractivity contribution in [2.45, 2.75) is 18.6 Å². The molecule has 0 aromatic heterocycles. The largest absolute Gasteiger partial charge is 0.494 e. The molecule has 0 aromatic rings. The average Bonchev–Trinajstić information content (AvgIpc) is 2.05. The molecule has 56 valence electrons. The van der Waals surface area contributed by atoms with Crippen LogP contribution in [0.25, 0.3) is 0 Å². The molecular formula is C7H12N2O. The Morgan fingerprint density at radius 3 is 3.40 bits per heavy atom. The van der Waals surface area contributed by atoms with Crippen molar-refractivity contribution in [3.8, 4) is 0 Å². The molecule has 0 aromatic carbocycles. The minimum absolute atomic E-state index is 0.395. The lowest BCUT2D eigenvalue weighted by Gasteiger charge is -2.34. The van der Waals surface area contributed by atoms with Crippen molar-refractivity contribution < 1.29 is 4.74 Å². The molecule has 1 saturated heterocycles. The van der Waals surface area contributed by atoms with Gasteiger partial charge >= 0.3 is 0 Å². The average molecular weight is 140 g/mol. The van der Waals surface area contributed by atoms with Crippen LogP contribution in [0.1, 0.15) is 6.42 Å². The molecule has 0 saturated carbocycles. The van der Waals surface area contributed by atoms with Gasteiger partial charge in [-0.2, -0.15) is 0 Å². The SMILES string of the molecule is C1=COC2CCNCC2N1. The van der Waals surface area contributed by atoms with Crippen LogP contribution in [-0.2, 0) is 4.74 Å². The highest BCUT2D eigenvalue weighted by Crippen LogP contribution is 2.11. The lowest BCUT2D eigenvalue weighted by atomic mass is 10.0. The van der Waals surface area contributed by atoms with Crippen LogP contribution in [0.3, 0.4) is 0 Å². The number of hydrogen-bond acceptors (Lipinski definition) is 3. The van der Waals surface area contributed by atoms with Gasteiger partial charge in [0.2, 0.25) is 0 Å². The third-order valence-electron chi connectivity index (χ3n) is 2.05. The third kappa shape index (κ3) is 0.968. The summed E-state index contributed by atoms with van der Waals surface area (Å²) in [7, 11) is 0. The maximum Gasteiger partial charge on any atom is 0.120 e. The summed E-state index contributed by atoms with van der Waals surface area (Å²) in [6.45, 7) is 2.10. The van der Waals surface area contributed by atoms with Crippen molar-refractivity contribution in [3.05, 3.63) is 12.5 Å². The standard InChI is InChI=1S/C7H12N2O/c1-2-8-5-6-7(1)10-4-3-9-6/h3-4,6-9H,1-2,5H2. The summed E-state index contributed by atoms with van der Waals surface area (Å²) in [5.41, 5.74) is 0. The number of nitrogens with one attached hydrogen (secondary N) is 2. The fourth-order valence-corrected chi connectivity index (χ4v) is 1.47. The van der Waals surface area contributed by atoms with Gasteiger partial charge in [0, 0.05) is 12.7 Å². The summed E-state index contributed by atoms with van der Waals surface area (Å²) in [5.74, 6) is 0. The van der Waals surface area contributed by atoms with Crippen LogP contribution in [0.15, 0.2) is 12.5 Å². The van der Waals surface area contributed by atoms with Crippen molar-refractivity contribution in [1.82, 2.24) is 10.6 Å². The number of hydrogen-bond donors (Lipinski definition) is 2. The van der Waals surface area contributed by atoms with Crippen LogP contribution < -0.4 is 10.6 Å². The molecule has 0 bridgehead atoms. The van der Waals surface area contributed by atoms with Crippen LogP contribution in [0, 0.1) is 0 Å². The van der Waals surface area contributed by atoms with E-state index in [1.54, 1.807) is 6.26 Å². The summed E-state index contributed by atoms with van der Waals surface area (Å²) in [5, 5.41) is 6.56. The van der Waals surface area contributed by atoms with E-state index in [2.05, 4.69) is 10.6 Å². The number of fused-ring (bicyclic) bond motifs is 1. The molecule has 2 rings (SSSR count). The summed E-state index contributed by atoms with van der Waals surface area (Å²) in [6, 6.07) is 0.485. The Hall–Kier alpha value is -0.700. The Balaban J connectivity index is 2.01. The second-order valence-corrected chi connectivity index (χ2v) is 2.74. The zero-order chi connectivity index (χ0) is 6.81. The first kappa shape index (κ1) is 6.04. The van der Waals surface area contributed by atoms with E-state index in [9.17, 15) is 0 Å². The molecule has 2 aliphatic heterocycles. The molecule has 2 unspecified atom stereocenters. The molecule has 0 amide bonds. The van der Waals surface area contributed by atoms with Crippen molar-refractivity contribution in [2.24, 2.45) is 0 Å². The molecule has 0 aliphatic carbocycles. The van der Waals surface area contributed by atoms with Gasteiger partial charge in [0.15, 0.2) is 0 Å². The summed E-state index contributed by atoms with van der Waals surface area (Å²) < 4.78 is 5.40. The number of piperidine rings is 1. The monoisotopic (exact) mass is 140 g/mol. The molecular weight excluding hydrogens is 128 g/mol. The summed E-state index contributed by atoms with van der Waals surface area (Å²) in [4.78, 5) is 0. The van der Waals surface area contributed by atoms with Gasteiger partial charge in [-0.3, -0.25) is 0 Å². The lowest BCUT2D eigenvalue weighted by molar-refractivity contribution is 0.0698. The maximum absolute atomic E-state index is 5.40. The second kappa shape index (κ2) is 2.50. The van der Waals surface area contributed by atoms with Crippen LogP contribution in [0.4, 0.5) is 0 Å². The molecule has 2 heterocycles. The van der Waals surface area contributed by atoms with Gasteiger partial charge in [-0.1, -0.05) is 0 Å². The van der Waals surface area contributed by atoms with E-state index in [4.69, 9.17) is 4.74 Å². The van der Waals surface area contributed by atoms with Crippen molar-refractivity contribution >= 4 is 0 Å². The van der Waals surface area contributed by atoms with E-state index in [0.717, 1.165) is 19.5 Å². The second-order valence-electron chi connectivity index (χ2n) is 2.74. The Bertz CT molecular complexity index is 131. The zero-order valence-corrected chi connectivity index (χ0v) is 5.84. The van der Waals surface area contributed by atoms with Crippen molar-refractivity contribution in [2.75, 3.05) is 13.1 Å².